The normalized spacial score (nSPS) is 21.1. The number of hydrogen-bond acceptors (Lipinski definition) is 3. The van der Waals surface area contributed by atoms with Crippen molar-refractivity contribution in [2.75, 3.05) is 6.54 Å². The molecular formula is C20H28BrNO3. The van der Waals surface area contributed by atoms with Gasteiger partial charge in [0.1, 0.15) is 5.60 Å². The molecule has 1 fully saturated rings. The maximum absolute atomic E-state index is 12.7. The fourth-order valence-corrected chi connectivity index (χ4v) is 3.49. The summed E-state index contributed by atoms with van der Waals surface area (Å²) in [6.07, 6.45) is 2.94. The third-order valence-corrected chi connectivity index (χ3v) is 5.15. The fraction of sp³-hybridized carbons (Fsp3) is 0.600. The molecule has 0 N–H and O–H groups in total. The van der Waals surface area contributed by atoms with Gasteiger partial charge in [-0.1, -0.05) is 41.4 Å². The summed E-state index contributed by atoms with van der Waals surface area (Å²) in [5.74, 6) is 0.629. The number of nitrogens with zero attached hydrogens (tertiary/aromatic N) is 1. The lowest BCUT2D eigenvalue weighted by molar-refractivity contribution is 0.00398. The molecule has 4 nitrogen and oxygen atoms in total. The number of hydrogen-bond donors (Lipinski definition) is 0. The second-order valence-electron chi connectivity index (χ2n) is 7.76. The SMILES string of the molecule is CCC1CCN(C(=O)OC(C)(C)C)C(CC(=O)c2ccc(Br)cc2)C1. The predicted octanol–water partition coefficient (Wildman–Crippen LogP) is 5.45. The monoisotopic (exact) mass is 409 g/mol. The fourth-order valence-electron chi connectivity index (χ4n) is 3.23. The molecule has 0 bridgehead atoms. The molecule has 1 aliphatic heterocycles. The number of halogens is 1. The first-order chi connectivity index (χ1) is 11.7. The molecule has 2 unspecified atom stereocenters. The van der Waals surface area contributed by atoms with E-state index in [0.29, 0.717) is 24.4 Å². The summed E-state index contributed by atoms with van der Waals surface area (Å²) in [4.78, 5) is 27.0. The summed E-state index contributed by atoms with van der Waals surface area (Å²) in [6.45, 7) is 8.43. The van der Waals surface area contributed by atoms with Crippen molar-refractivity contribution in [3.8, 4) is 0 Å². The number of amides is 1. The van der Waals surface area contributed by atoms with Gasteiger partial charge >= 0.3 is 6.09 Å². The number of carbonyl (C=O) groups excluding carboxylic acids is 2. The maximum Gasteiger partial charge on any atom is 0.410 e. The summed E-state index contributed by atoms with van der Waals surface area (Å²) in [5.41, 5.74) is 0.157. The zero-order chi connectivity index (χ0) is 18.6. The van der Waals surface area contributed by atoms with Crippen molar-refractivity contribution in [2.24, 2.45) is 5.92 Å². The molecule has 1 aromatic carbocycles. The molecule has 25 heavy (non-hydrogen) atoms. The molecule has 0 aromatic heterocycles. The highest BCUT2D eigenvalue weighted by Gasteiger charge is 2.34. The number of benzene rings is 1. The van der Waals surface area contributed by atoms with Crippen LogP contribution in [-0.4, -0.2) is 35.0 Å². The van der Waals surface area contributed by atoms with E-state index in [-0.39, 0.29) is 17.9 Å². The van der Waals surface area contributed by atoms with Gasteiger partial charge in [-0.05, 0) is 51.7 Å². The Kier molecular flexibility index (Phi) is 6.66. The topological polar surface area (TPSA) is 46.6 Å². The summed E-state index contributed by atoms with van der Waals surface area (Å²) >= 11 is 3.39. The van der Waals surface area contributed by atoms with E-state index in [1.807, 2.05) is 45.0 Å². The maximum atomic E-state index is 12.7. The molecule has 5 heteroatoms. The van der Waals surface area contributed by atoms with Gasteiger partial charge in [-0.2, -0.15) is 0 Å². The number of ether oxygens (including phenoxy) is 1. The molecule has 2 rings (SSSR count). The number of Topliss-reactive ketones (excluding diaryl/α,β-unsaturated/α-hetero) is 1. The van der Waals surface area contributed by atoms with Crippen LogP contribution in [0.4, 0.5) is 4.79 Å². The van der Waals surface area contributed by atoms with Crippen molar-refractivity contribution in [3.05, 3.63) is 34.3 Å². The minimum Gasteiger partial charge on any atom is -0.444 e. The zero-order valence-electron chi connectivity index (χ0n) is 15.5. The van der Waals surface area contributed by atoms with Crippen LogP contribution in [0.1, 0.15) is 63.7 Å². The molecule has 1 heterocycles. The highest BCUT2D eigenvalue weighted by atomic mass is 79.9. The van der Waals surface area contributed by atoms with E-state index in [1.54, 1.807) is 4.90 Å². The Labute approximate surface area is 159 Å². The Bertz CT molecular complexity index is 606. The third-order valence-electron chi connectivity index (χ3n) is 4.62. The first-order valence-corrected chi connectivity index (χ1v) is 9.77. The van der Waals surface area contributed by atoms with Crippen molar-refractivity contribution in [1.82, 2.24) is 4.90 Å². The van der Waals surface area contributed by atoms with Gasteiger partial charge < -0.3 is 9.64 Å². The second-order valence-corrected chi connectivity index (χ2v) is 8.68. The molecule has 1 saturated heterocycles. The van der Waals surface area contributed by atoms with Crippen molar-refractivity contribution in [2.45, 2.75) is 65.0 Å². The molecule has 1 aromatic rings. The minimum absolute atomic E-state index is 0.0720. The van der Waals surface area contributed by atoms with Gasteiger partial charge in [0, 0.05) is 29.0 Å². The first-order valence-electron chi connectivity index (χ1n) is 8.98. The number of ketones is 1. The van der Waals surface area contributed by atoms with Gasteiger partial charge in [0.05, 0.1) is 0 Å². The molecule has 1 aliphatic rings. The van der Waals surface area contributed by atoms with E-state index in [2.05, 4.69) is 22.9 Å². The molecule has 0 aliphatic carbocycles. The van der Waals surface area contributed by atoms with Crippen LogP contribution in [0.3, 0.4) is 0 Å². The second kappa shape index (κ2) is 8.35. The molecule has 0 radical (unpaired) electrons. The number of likely N-dealkylation sites (tertiary alicyclic amines) is 1. The van der Waals surface area contributed by atoms with E-state index in [1.165, 1.54) is 0 Å². The van der Waals surface area contributed by atoms with Crippen molar-refractivity contribution in [3.63, 3.8) is 0 Å². The third kappa shape index (κ3) is 5.84. The average Bonchev–Trinajstić information content (AvgIpc) is 2.53. The number of carbonyl (C=O) groups is 2. The number of piperidine rings is 1. The molecule has 1 amide bonds. The molecule has 138 valence electrons. The van der Waals surface area contributed by atoms with Crippen LogP contribution in [-0.2, 0) is 4.74 Å². The summed E-state index contributed by atoms with van der Waals surface area (Å²) in [5, 5.41) is 0. The van der Waals surface area contributed by atoms with Crippen molar-refractivity contribution >= 4 is 27.8 Å². The van der Waals surface area contributed by atoms with E-state index in [9.17, 15) is 9.59 Å². The van der Waals surface area contributed by atoms with Gasteiger partial charge in [-0.15, -0.1) is 0 Å². The van der Waals surface area contributed by atoms with Crippen molar-refractivity contribution in [1.29, 1.82) is 0 Å². The van der Waals surface area contributed by atoms with Crippen LogP contribution >= 0.6 is 15.9 Å². The Morgan fingerprint density at radius 2 is 1.88 bits per heavy atom. The smallest absolute Gasteiger partial charge is 0.410 e. The lowest BCUT2D eigenvalue weighted by Crippen LogP contribution is -2.48. The van der Waals surface area contributed by atoms with Crippen LogP contribution in [0.15, 0.2) is 28.7 Å². The van der Waals surface area contributed by atoms with E-state index in [4.69, 9.17) is 4.74 Å². The van der Waals surface area contributed by atoms with E-state index >= 15 is 0 Å². The van der Waals surface area contributed by atoms with Gasteiger partial charge in [-0.25, -0.2) is 4.79 Å². The predicted molar refractivity (Wildman–Crippen MR) is 103 cm³/mol. The zero-order valence-corrected chi connectivity index (χ0v) is 17.1. The molecular weight excluding hydrogens is 382 g/mol. The lowest BCUT2D eigenvalue weighted by atomic mass is 9.86. The molecule has 2 atom stereocenters. The molecule has 0 spiro atoms. The van der Waals surface area contributed by atoms with E-state index in [0.717, 1.165) is 23.7 Å². The Hall–Kier alpha value is -1.36. The van der Waals surface area contributed by atoms with Gasteiger partial charge in [0.2, 0.25) is 0 Å². The quantitative estimate of drug-likeness (QED) is 0.621. The Morgan fingerprint density at radius 1 is 1.24 bits per heavy atom. The Balaban J connectivity index is 2.12. The number of rotatable bonds is 4. The lowest BCUT2D eigenvalue weighted by Gasteiger charge is -2.39. The van der Waals surface area contributed by atoms with Crippen LogP contribution in [0.2, 0.25) is 0 Å². The standard InChI is InChI=1S/C20H28BrNO3/c1-5-14-10-11-22(19(24)25-20(2,3)4)17(12-14)13-18(23)15-6-8-16(21)9-7-15/h6-9,14,17H,5,10-13H2,1-4H3. The Morgan fingerprint density at radius 3 is 2.44 bits per heavy atom. The highest BCUT2D eigenvalue weighted by Crippen LogP contribution is 2.29. The van der Waals surface area contributed by atoms with Gasteiger partial charge in [0.15, 0.2) is 5.78 Å². The van der Waals surface area contributed by atoms with E-state index < -0.39 is 5.60 Å². The van der Waals surface area contributed by atoms with Crippen LogP contribution in [0.25, 0.3) is 0 Å². The largest absolute Gasteiger partial charge is 0.444 e. The van der Waals surface area contributed by atoms with Crippen LogP contribution < -0.4 is 0 Å². The average molecular weight is 410 g/mol. The van der Waals surface area contributed by atoms with Gasteiger partial charge in [0.25, 0.3) is 0 Å². The summed E-state index contributed by atoms with van der Waals surface area (Å²) in [6, 6.07) is 7.29. The summed E-state index contributed by atoms with van der Waals surface area (Å²) < 4.78 is 6.50. The van der Waals surface area contributed by atoms with Crippen LogP contribution in [0, 0.1) is 5.92 Å². The van der Waals surface area contributed by atoms with Crippen LogP contribution in [0.5, 0.6) is 0 Å². The minimum atomic E-state index is -0.529. The molecule has 0 saturated carbocycles. The highest BCUT2D eigenvalue weighted by molar-refractivity contribution is 9.10. The summed E-state index contributed by atoms with van der Waals surface area (Å²) in [7, 11) is 0. The van der Waals surface area contributed by atoms with Crippen molar-refractivity contribution < 1.29 is 14.3 Å². The van der Waals surface area contributed by atoms with Gasteiger partial charge in [-0.3, -0.25) is 4.79 Å². The first kappa shape index (κ1) is 20.0.